The average molecular weight is 323 g/mol. The van der Waals surface area contributed by atoms with Crippen molar-refractivity contribution < 1.29 is 9.21 Å². The predicted molar refractivity (Wildman–Crippen MR) is 91.5 cm³/mol. The number of amides is 1. The van der Waals surface area contributed by atoms with Crippen molar-refractivity contribution in [2.24, 2.45) is 0 Å². The molecule has 5 heteroatoms. The van der Waals surface area contributed by atoms with Gasteiger partial charge in [0.2, 0.25) is 5.91 Å². The van der Waals surface area contributed by atoms with Crippen molar-refractivity contribution in [1.29, 1.82) is 0 Å². The Balaban J connectivity index is 1.63. The van der Waals surface area contributed by atoms with Crippen LogP contribution in [0.1, 0.15) is 37.3 Å². The fraction of sp³-hybridized carbons (Fsp3) is 0.368. The van der Waals surface area contributed by atoms with Crippen LogP contribution >= 0.6 is 0 Å². The third kappa shape index (κ3) is 2.60. The molecule has 1 aromatic carbocycles. The molecular weight excluding hydrogens is 302 g/mol. The molecule has 0 bridgehead atoms. The molecule has 1 aliphatic rings. The van der Waals surface area contributed by atoms with Gasteiger partial charge in [-0.05, 0) is 30.7 Å². The van der Waals surface area contributed by atoms with Gasteiger partial charge in [-0.15, -0.1) is 0 Å². The van der Waals surface area contributed by atoms with Gasteiger partial charge in [-0.2, -0.15) is 0 Å². The van der Waals surface area contributed by atoms with Crippen LogP contribution in [0.25, 0.3) is 11.0 Å². The SMILES string of the molecule is CCCn1c([C@H]2CC(=O)N(Cc3ccco3)C2)nc2ccccc21. The number of carbonyl (C=O) groups excluding carboxylic acids is 1. The van der Waals surface area contributed by atoms with E-state index in [-0.39, 0.29) is 11.8 Å². The summed E-state index contributed by atoms with van der Waals surface area (Å²) in [6, 6.07) is 12.0. The largest absolute Gasteiger partial charge is 0.467 e. The van der Waals surface area contributed by atoms with E-state index < -0.39 is 0 Å². The zero-order chi connectivity index (χ0) is 16.5. The first-order valence-corrected chi connectivity index (χ1v) is 8.51. The lowest BCUT2D eigenvalue weighted by Crippen LogP contribution is -2.24. The van der Waals surface area contributed by atoms with E-state index in [1.54, 1.807) is 6.26 Å². The van der Waals surface area contributed by atoms with Crippen molar-refractivity contribution >= 4 is 16.9 Å². The zero-order valence-corrected chi connectivity index (χ0v) is 13.8. The highest BCUT2D eigenvalue weighted by Crippen LogP contribution is 2.31. The number of rotatable bonds is 5. The fourth-order valence-electron chi connectivity index (χ4n) is 3.55. The summed E-state index contributed by atoms with van der Waals surface area (Å²) in [5.74, 6) is 2.18. The second-order valence-electron chi connectivity index (χ2n) is 6.37. The molecule has 3 heterocycles. The van der Waals surface area contributed by atoms with Gasteiger partial charge >= 0.3 is 0 Å². The van der Waals surface area contributed by atoms with Gasteiger partial charge in [0.15, 0.2) is 0 Å². The lowest BCUT2D eigenvalue weighted by atomic mass is 10.1. The second kappa shape index (κ2) is 6.15. The van der Waals surface area contributed by atoms with Crippen LogP contribution in [0.3, 0.4) is 0 Å². The van der Waals surface area contributed by atoms with E-state index in [0.717, 1.165) is 35.6 Å². The summed E-state index contributed by atoms with van der Waals surface area (Å²) >= 11 is 0. The molecule has 124 valence electrons. The van der Waals surface area contributed by atoms with Gasteiger partial charge in [-0.3, -0.25) is 4.79 Å². The number of nitrogens with zero attached hydrogens (tertiary/aromatic N) is 3. The van der Waals surface area contributed by atoms with Gasteiger partial charge in [0.25, 0.3) is 0 Å². The molecule has 2 aromatic heterocycles. The number of likely N-dealkylation sites (tertiary alicyclic amines) is 1. The summed E-state index contributed by atoms with van der Waals surface area (Å²) < 4.78 is 7.66. The second-order valence-corrected chi connectivity index (χ2v) is 6.37. The molecular formula is C19H21N3O2. The van der Waals surface area contributed by atoms with Crippen molar-refractivity contribution in [2.75, 3.05) is 6.54 Å². The first kappa shape index (κ1) is 15.0. The third-order valence-corrected chi connectivity index (χ3v) is 4.64. The minimum atomic E-state index is 0.145. The molecule has 5 nitrogen and oxygen atoms in total. The van der Waals surface area contributed by atoms with Crippen LogP contribution < -0.4 is 0 Å². The minimum absolute atomic E-state index is 0.145. The van der Waals surface area contributed by atoms with E-state index in [2.05, 4.69) is 17.6 Å². The maximum Gasteiger partial charge on any atom is 0.223 e. The van der Waals surface area contributed by atoms with Crippen molar-refractivity contribution in [3.05, 3.63) is 54.2 Å². The number of para-hydroxylation sites is 2. The molecule has 0 spiro atoms. The number of carbonyl (C=O) groups is 1. The Kier molecular flexibility index (Phi) is 3.84. The van der Waals surface area contributed by atoms with Crippen molar-refractivity contribution in [3.8, 4) is 0 Å². The Labute approximate surface area is 140 Å². The summed E-state index contributed by atoms with van der Waals surface area (Å²) in [5, 5.41) is 0. The number of aromatic nitrogens is 2. The van der Waals surface area contributed by atoms with Gasteiger partial charge in [0.05, 0.1) is 23.8 Å². The van der Waals surface area contributed by atoms with Crippen LogP contribution in [0.15, 0.2) is 47.1 Å². The van der Waals surface area contributed by atoms with Gasteiger partial charge < -0.3 is 13.9 Å². The Bertz CT molecular complexity index is 851. The summed E-state index contributed by atoms with van der Waals surface area (Å²) in [6.07, 6.45) is 3.21. The molecule has 0 aliphatic carbocycles. The lowest BCUT2D eigenvalue weighted by molar-refractivity contribution is -0.128. The molecule has 0 radical (unpaired) electrons. The molecule has 0 unspecified atom stereocenters. The van der Waals surface area contributed by atoms with E-state index in [1.165, 1.54) is 0 Å². The van der Waals surface area contributed by atoms with Crippen LogP contribution in [-0.2, 0) is 17.9 Å². The van der Waals surface area contributed by atoms with E-state index in [0.29, 0.717) is 19.5 Å². The van der Waals surface area contributed by atoms with E-state index in [4.69, 9.17) is 9.40 Å². The summed E-state index contributed by atoms with van der Waals surface area (Å²) in [4.78, 5) is 19.1. The maximum absolute atomic E-state index is 12.4. The minimum Gasteiger partial charge on any atom is -0.467 e. The highest BCUT2D eigenvalue weighted by Gasteiger charge is 2.34. The zero-order valence-electron chi connectivity index (χ0n) is 13.8. The number of furan rings is 1. The number of fused-ring (bicyclic) bond motifs is 1. The van der Waals surface area contributed by atoms with Crippen LogP contribution in [0.2, 0.25) is 0 Å². The smallest absolute Gasteiger partial charge is 0.223 e. The first-order valence-electron chi connectivity index (χ1n) is 8.51. The number of aryl methyl sites for hydroxylation is 1. The monoisotopic (exact) mass is 323 g/mol. The first-order chi connectivity index (χ1) is 11.8. The Morgan fingerprint density at radius 3 is 2.92 bits per heavy atom. The predicted octanol–water partition coefficient (Wildman–Crippen LogP) is 3.56. The van der Waals surface area contributed by atoms with Crippen molar-refractivity contribution in [3.63, 3.8) is 0 Å². The van der Waals surface area contributed by atoms with Gasteiger partial charge in [0, 0.05) is 25.4 Å². The molecule has 0 N–H and O–H groups in total. The molecule has 24 heavy (non-hydrogen) atoms. The third-order valence-electron chi connectivity index (χ3n) is 4.64. The van der Waals surface area contributed by atoms with Gasteiger partial charge in [-0.1, -0.05) is 19.1 Å². The lowest BCUT2D eigenvalue weighted by Gasteiger charge is -2.16. The molecule has 1 atom stereocenters. The van der Waals surface area contributed by atoms with E-state index in [1.807, 2.05) is 35.2 Å². The van der Waals surface area contributed by atoms with Crippen molar-refractivity contribution in [1.82, 2.24) is 14.5 Å². The van der Waals surface area contributed by atoms with Gasteiger partial charge in [0.1, 0.15) is 11.6 Å². The summed E-state index contributed by atoms with van der Waals surface area (Å²) in [7, 11) is 0. The summed E-state index contributed by atoms with van der Waals surface area (Å²) in [6.45, 7) is 4.34. The molecule has 0 saturated carbocycles. The van der Waals surface area contributed by atoms with Gasteiger partial charge in [-0.25, -0.2) is 4.98 Å². The normalized spacial score (nSPS) is 18.0. The van der Waals surface area contributed by atoms with Crippen molar-refractivity contribution in [2.45, 2.75) is 38.8 Å². The molecule has 1 aliphatic heterocycles. The van der Waals surface area contributed by atoms with Crippen LogP contribution in [0, 0.1) is 0 Å². The quantitative estimate of drug-likeness (QED) is 0.721. The molecule has 1 amide bonds. The molecule has 3 aromatic rings. The highest BCUT2D eigenvalue weighted by atomic mass is 16.3. The highest BCUT2D eigenvalue weighted by molar-refractivity contribution is 5.80. The van der Waals surface area contributed by atoms with E-state index >= 15 is 0 Å². The van der Waals surface area contributed by atoms with Crippen LogP contribution in [-0.4, -0.2) is 26.9 Å². The number of hydrogen-bond donors (Lipinski definition) is 0. The topological polar surface area (TPSA) is 51.3 Å². The summed E-state index contributed by atoms with van der Waals surface area (Å²) in [5.41, 5.74) is 2.17. The van der Waals surface area contributed by atoms with E-state index in [9.17, 15) is 4.79 Å². The number of imidazole rings is 1. The standard InChI is InChI=1S/C19H21N3O2/c1-2-9-22-17-8-4-3-7-16(17)20-19(22)14-11-18(23)21(12-14)13-15-6-5-10-24-15/h3-8,10,14H,2,9,11-13H2,1H3/t14-/m0/s1. The number of benzene rings is 1. The average Bonchev–Trinajstić information content (AvgIpc) is 3.29. The fourth-order valence-corrected chi connectivity index (χ4v) is 3.55. The Hall–Kier alpha value is -2.56. The Morgan fingerprint density at radius 1 is 1.25 bits per heavy atom. The molecule has 1 fully saturated rings. The Morgan fingerprint density at radius 2 is 2.12 bits per heavy atom. The number of hydrogen-bond acceptors (Lipinski definition) is 3. The van der Waals surface area contributed by atoms with Crippen LogP contribution in [0.5, 0.6) is 0 Å². The molecule has 1 saturated heterocycles. The maximum atomic E-state index is 12.4. The van der Waals surface area contributed by atoms with Crippen LogP contribution in [0.4, 0.5) is 0 Å². The molecule has 4 rings (SSSR count).